The summed E-state index contributed by atoms with van der Waals surface area (Å²) in [4.78, 5) is 14.4. The fourth-order valence-electron chi connectivity index (χ4n) is 2.47. The van der Waals surface area contributed by atoms with E-state index in [0.717, 1.165) is 49.2 Å². The molecule has 0 aromatic carbocycles. The van der Waals surface area contributed by atoms with Crippen molar-refractivity contribution in [3.63, 3.8) is 0 Å². The second kappa shape index (κ2) is 6.90. The van der Waals surface area contributed by atoms with Crippen LogP contribution in [0.25, 0.3) is 0 Å². The predicted octanol–water partition coefficient (Wildman–Crippen LogP) is 1.44. The second-order valence-corrected chi connectivity index (χ2v) is 6.98. The van der Waals surface area contributed by atoms with Gasteiger partial charge in [-0.2, -0.15) is 23.5 Å². The molecule has 0 aromatic rings. The standard InChI is InChI=1S/C12H22N2OS2/c1-16-10-3-2-6-14(7-4-10)12(15)11-9-17-8-5-13-11/h10-11,13H,2-9H2,1H3. The number of rotatable bonds is 2. The van der Waals surface area contributed by atoms with Crippen LogP contribution in [0.1, 0.15) is 19.3 Å². The molecule has 2 fully saturated rings. The van der Waals surface area contributed by atoms with Crippen LogP contribution in [-0.4, -0.2) is 59.5 Å². The topological polar surface area (TPSA) is 32.3 Å². The van der Waals surface area contributed by atoms with Crippen molar-refractivity contribution < 1.29 is 4.79 Å². The van der Waals surface area contributed by atoms with Crippen LogP contribution in [-0.2, 0) is 4.79 Å². The monoisotopic (exact) mass is 274 g/mol. The molecule has 0 bridgehead atoms. The van der Waals surface area contributed by atoms with Gasteiger partial charge in [-0.15, -0.1) is 0 Å². The average molecular weight is 274 g/mol. The highest BCUT2D eigenvalue weighted by Gasteiger charge is 2.27. The van der Waals surface area contributed by atoms with E-state index in [2.05, 4.69) is 16.5 Å². The molecule has 17 heavy (non-hydrogen) atoms. The first-order valence-electron chi connectivity index (χ1n) is 6.44. The largest absolute Gasteiger partial charge is 0.341 e. The summed E-state index contributed by atoms with van der Waals surface area (Å²) in [5.74, 6) is 2.42. The Morgan fingerprint density at radius 3 is 3.00 bits per heavy atom. The fourth-order valence-corrected chi connectivity index (χ4v) is 4.13. The molecule has 1 N–H and O–H groups in total. The van der Waals surface area contributed by atoms with Gasteiger partial charge in [0.15, 0.2) is 0 Å². The molecule has 2 heterocycles. The molecular formula is C12H22N2OS2. The van der Waals surface area contributed by atoms with Crippen molar-refractivity contribution >= 4 is 29.4 Å². The maximum atomic E-state index is 12.3. The van der Waals surface area contributed by atoms with Crippen molar-refractivity contribution in [2.24, 2.45) is 0 Å². The number of carbonyl (C=O) groups is 1. The van der Waals surface area contributed by atoms with Gasteiger partial charge in [0.1, 0.15) is 0 Å². The average Bonchev–Trinajstić information content (AvgIpc) is 2.64. The predicted molar refractivity (Wildman–Crippen MR) is 76.8 cm³/mol. The molecule has 98 valence electrons. The lowest BCUT2D eigenvalue weighted by Crippen LogP contribution is -2.50. The summed E-state index contributed by atoms with van der Waals surface area (Å²) in [7, 11) is 0. The Hall–Kier alpha value is 0.130. The van der Waals surface area contributed by atoms with E-state index in [9.17, 15) is 4.79 Å². The van der Waals surface area contributed by atoms with Crippen molar-refractivity contribution in [1.82, 2.24) is 10.2 Å². The van der Waals surface area contributed by atoms with Crippen molar-refractivity contribution in [3.8, 4) is 0 Å². The first-order chi connectivity index (χ1) is 8.31. The van der Waals surface area contributed by atoms with Crippen LogP contribution in [0.2, 0.25) is 0 Å². The van der Waals surface area contributed by atoms with Gasteiger partial charge < -0.3 is 10.2 Å². The van der Waals surface area contributed by atoms with Crippen LogP contribution in [0.4, 0.5) is 0 Å². The SMILES string of the molecule is CSC1CCCN(C(=O)C2CSCCN2)CC1. The number of nitrogens with one attached hydrogen (secondary N) is 1. The molecule has 0 aliphatic carbocycles. The quantitative estimate of drug-likeness (QED) is 0.826. The zero-order valence-corrected chi connectivity index (χ0v) is 12.1. The molecule has 2 unspecified atom stereocenters. The number of thioether (sulfide) groups is 2. The summed E-state index contributed by atoms with van der Waals surface area (Å²) in [6.45, 7) is 2.88. The Morgan fingerprint density at radius 2 is 2.29 bits per heavy atom. The van der Waals surface area contributed by atoms with Crippen LogP contribution in [0, 0.1) is 0 Å². The minimum atomic E-state index is 0.0691. The molecule has 5 heteroatoms. The zero-order valence-electron chi connectivity index (χ0n) is 10.5. The van der Waals surface area contributed by atoms with Crippen LogP contribution in [0.15, 0.2) is 0 Å². The van der Waals surface area contributed by atoms with Gasteiger partial charge in [0.05, 0.1) is 6.04 Å². The van der Waals surface area contributed by atoms with Gasteiger partial charge in [0, 0.05) is 36.4 Å². The van der Waals surface area contributed by atoms with Gasteiger partial charge in [-0.25, -0.2) is 0 Å². The molecule has 2 aliphatic heterocycles. The third-order valence-electron chi connectivity index (χ3n) is 3.54. The van der Waals surface area contributed by atoms with Gasteiger partial charge in [0.25, 0.3) is 0 Å². The van der Waals surface area contributed by atoms with E-state index in [1.54, 1.807) is 0 Å². The molecule has 0 aromatic heterocycles. The van der Waals surface area contributed by atoms with Crippen LogP contribution in [0.3, 0.4) is 0 Å². The van der Waals surface area contributed by atoms with Crippen molar-refractivity contribution in [2.45, 2.75) is 30.6 Å². The Bertz CT molecular complexity index is 257. The molecule has 2 rings (SSSR count). The van der Waals surface area contributed by atoms with Crippen molar-refractivity contribution in [3.05, 3.63) is 0 Å². The smallest absolute Gasteiger partial charge is 0.240 e. The number of hydrogen-bond acceptors (Lipinski definition) is 4. The lowest BCUT2D eigenvalue weighted by atomic mass is 10.2. The van der Waals surface area contributed by atoms with E-state index in [1.807, 2.05) is 23.5 Å². The molecule has 2 aliphatic rings. The van der Waals surface area contributed by atoms with Gasteiger partial charge in [-0.05, 0) is 25.5 Å². The summed E-state index contributed by atoms with van der Waals surface area (Å²) in [5, 5.41) is 4.10. The molecule has 1 amide bonds. The second-order valence-electron chi connectivity index (χ2n) is 4.70. The minimum absolute atomic E-state index is 0.0691. The fraction of sp³-hybridized carbons (Fsp3) is 0.917. The zero-order chi connectivity index (χ0) is 12.1. The summed E-state index contributed by atoms with van der Waals surface area (Å²) < 4.78 is 0. The number of amides is 1. The highest BCUT2D eigenvalue weighted by Crippen LogP contribution is 2.22. The first-order valence-corrected chi connectivity index (χ1v) is 8.88. The third-order valence-corrected chi connectivity index (χ3v) is 5.74. The van der Waals surface area contributed by atoms with E-state index in [1.165, 1.54) is 6.42 Å². The molecule has 0 saturated carbocycles. The van der Waals surface area contributed by atoms with E-state index < -0.39 is 0 Å². The molecule has 0 radical (unpaired) electrons. The Labute approximate surface area is 112 Å². The van der Waals surface area contributed by atoms with E-state index in [4.69, 9.17) is 0 Å². The van der Waals surface area contributed by atoms with E-state index >= 15 is 0 Å². The van der Waals surface area contributed by atoms with Crippen molar-refractivity contribution in [2.75, 3.05) is 37.4 Å². The number of likely N-dealkylation sites (tertiary alicyclic amines) is 1. The maximum Gasteiger partial charge on any atom is 0.240 e. The normalized spacial score (nSPS) is 31.0. The molecule has 3 nitrogen and oxygen atoms in total. The first kappa shape index (κ1) is 13.6. The van der Waals surface area contributed by atoms with Crippen molar-refractivity contribution in [1.29, 1.82) is 0 Å². The van der Waals surface area contributed by atoms with Crippen LogP contribution >= 0.6 is 23.5 Å². The van der Waals surface area contributed by atoms with E-state index in [0.29, 0.717) is 5.91 Å². The lowest BCUT2D eigenvalue weighted by molar-refractivity contribution is -0.132. The van der Waals surface area contributed by atoms with Crippen LogP contribution < -0.4 is 5.32 Å². The summed E-state index contributed by atoms with van der Waals surface area (Å²) in [5.41, 5.74) is 0. The lowest BCUT2D eigenvalue weighted by Gasteiger charge is -2.29. The molecule has 0 spiro atoms. The Balaban J connectivity index is 1.85. The Kier molecular flexibility index (Phi) is 5.50. The van der Waals surface area contributed by atoms with Gasteiger partial charge in [-0.1, -0.05) is 0 Å². The molecule has 2 saturated heterocycles. The summed E-state index contributed by atoms with van der Waals surface area (Å²) >= 11 is 3.84. The third kappa shape index (κ3) is 3.80. The summed E-state index contributed by atoms with van der Waals surface area (Å²) in [6, 6.07) is 0.0691. The summed E-state index contributed by atoms with van der Waals surface area (Å²) in [6.07, 6.45) is 5.77. The maximum absolute atomic E-state index is 12.3. The minimum Gasteiger partial charge on any atom is -0.341 e. The Morgan fingerprint density at radius 1 is 1.41 bits per heavy atom. The highest BCUT2D eigenvalue weighted by atomic mass is 32.2. The number of carbonyl (C=O) groups excluding carboxylic acids is 1. The number of hydrogen-bond donors (Lipinski definition) is 1. The van der Waals surface area contributed by atoms with Gasteiger partial charge in [-0.3, -0.25) is 4.79 Å². The van der Waals surface area contributed by atoms with Gasteiger partial charge in [0.2, 0.25) is 5.91 Å². The van der Waals surface area contributed by atoms with Crippen LogP contribution in [0.5, 0.6) is 0 Å². The van der Waals surface area contributed by atoms with E-state index in [-0.39, 0.29) is 6.04 Å². The van der Waals surface area contributed by atoms with Gasteiger partial charge >= 0.3 is 0 Å². The number of nitrogens with zero attached hydrogens (tertiary/aromatic N) is 1. The molecular weight excluding hydrogens is 252 g/mol. The molecule has 2 atom stereocenters. The highest BCUT2D eigenvalue weighted by molar-refractivity contribution is 7.99.